The molecule has 0 aromatic heterocycles. The molecule has 1 N–H and O–H groups in total. The van der Waals surface area contributed by atoms with E-state index in [4.69, 9.17) is 10.4 Å². The molecular weight excluding hydrogens is 235 g/mol. The van der Waals surface area contributed by atoms with Crippen LogP contribution in [0.25, 0.3) is 0 Å². The highest BCUT2D eigenvalue weighted by Crippen LogP contribution is 2.36. The van der Waals surface area contributed by atoms with Gasteiger partial charge in [-0.3, -0.25) is 4.79 Å². The third-order valence-corrected chi connectivity index (χ3v) is 2.30. The molecule has 1 rings (SSSR count). The second-order valence-electron chi connectivity index (χ2n) is 3.45. The van der Waals surface area contributed by atoms with Crippen LogP contribution in [0.15, 0.2) is 12.1 Å². The number of nitriles is 1. The number of nitrogens with zero attached hydrogens (tertiary/aromatic N) is 1. The zero-order valence-electron chi connectivity index (χ0n) is 8.80. The molecule has 0 aliphatic heterocycles. The summed E-state index contributed by atoms with van der Waals surface area (Å²) in [5.41, 5.74) is -1.70. The predicted molar refractivity (Wildman–Crippen MR) is 52.2 cm³/mol. The molecule has 3 nitrogen and oxygen atoms in total. The summed E-state index contributed by atoms with van der Waals surface area (Å²) in [6.45, 7) is 1.16. The topological polar surface area (TPSA) is 61.1 Å². The minimum atomic E-state index is -4.66. The quantitative estimate of drug-likeness (QED) is 0.868. The normalized spacial score (nSPS) is 11.0. The van der Waals surface area contributed by atoms with Gasteiger partial charge in [0.2, 0.25) is 0 Å². The number of halogens is 3. The fourth-order valence-electron chi connectivity index (χ4n) is 1.59. The average molecular weight is 243 g/mol. The zero-order valence-corrected chi connectivity index (χ0v) is 8.80. The van der Waals surface area contributed by atoms with Crippen LogP contribution in [0.5, 0.6) is 0 Å². The first kappa shape index (κ1) is 13.0. The van der Waals surface area contributed by atoms with Gasteiger partial charge in [-0.2, -0.15) is 18.4 Å². The smallest absolute Gasteiger partial charge is 0.416 e. The largest absolute Gasteiger partial charge is 0.481 e. The number of carbonyl (C=O) groups is 1. The number of carboxylic acid groups (broad SMARTS) is 1. The highest BCUT2D eigenvalue weighted by atomic mass is 19.4. The van der Waals surface area contributed by atoms with E-state index >= 15 is 0 Å². The molecule has 0 unspecified atom stereocenters. The van der Waals surface area contributed by atoms with Crippen LogP contribution in [0.3, 0.4) is 0 Å². The van der Waals surface area contributed by atoms with Crippen molar-refractivity contribution >= 4 is 5.97 Å². The molecule has 0 bridgehead atoms. The third-order valence-electron chi connectivity index (χ3n) is 2.30. The fourth-order valence-corrected chi connectivity index (χ4v) is 1.59. The van der Waals surface area contributed by atoms with Gasteiger partial charge in [-0.05, 0) is 24.1 Å². The molecule has 0 amide bonds. The summed E-state index contributed by atoms with van der Waals surface area (Å²) in [5.74, 6) is -1.35. The fraction of sp³-hybridized carbons (Fsp3) is 0.273. The van der Waals surface area contributed by atoms with Crippen molar-refractivity contribution in [2.45, 2.75) is 19.5 Å². The molecule has 90 valence electrons. The van der Waals surface area contributed by atoms with Crippen molar-refractivity contribution in [1.29, 1.82) is 5.26 Å². The first-order valence-corrected chi connectivity index (χ1v) is 4.59. The van der Waals surface area contributed by atoms with Gasteiger partial charge in [0.25, 0.3) is 0 Å². The Hall–Kier alpha value is -2.03. The van der Waals surface area contributed by atoms with Crippen LogP contribution in [0.1, 0.15) is 22.3 Å². The lowest BCUT2D eigenvalue weighted by Gasteiger charge is -2.15. The number of hydrogen-bond acceptors (Lipinski definition) is 2. The summed E-state index contributed by atoms with van der Waals surface area (Å²) in [6.07, 6.45) is -5.39. The molecule has 0 aliphatic carbocycles. The van der Waals surface area contributed by atoms with Gasteiger partial charge in [0.15, 0.2) is 0 Å². The lowest BCUT2D eigenvalue weighted by atomic mass is 9.95. The first-order chi connectivity index (χ1) is 7.77. The summed E-state index contributed by atoms with van der Waals surface area (Å²) in [7, 11) is 0. The van der Waals surface area contributed by atoms with Crippen molar-refractivity contribution in [3.05, 3.63) is 34.4 Å². The first-order valence-electron chi connectivity index (χ1n) is 4.59. The number of carboxylic acids is 1. The van der Waals surface area contributed by atoms with Crippen molar-refractivity contribution in [3.63, 3.8) is 0 Å². The summed E-state index contributed by atoms with van der Waals surface area (Å²) in [5, 5.41) is 17.2. The van der Waals surface area contributed by atoms with Gasteiger partial charge >= 0.3 is 12.1 Å². The molecular formula is C11H8F3NO2. The van der Waals surface area contributed by atoms with Crippen LogP contribution in [-0.2, 0) is 17.4 Å². The molecule has 0 radical (unpaired) electrons. The molecule has 0 fully saturated rings. The number of rotatable bonds is 2. The molecule has 0 heterocycles. The van der Waals surface area contributed by atoms with Crippen molar-refractivity contribution in [1.82, 2.24) is 0 Å². The molecule has 0 saturated heterocycles. The minimum Gasteiger partial charge on any atom is -0.481 e. The van der Waals surface area contributed by atoms with E-state index in [0.717, 1.165) is 13.0 Å². The van der Waals surface area contributed by atoms with Crippen LogP contribution >= 0.6 is 0 Å². The number of hydrogen-bond donors (Lipinski definition) is 1. The van der Waals surface area contributed by atoms with E-state index in [1.165, 1.54) is 6.07 Å². The third kappa shape index (κ3) is 2.75. The maximum atomic E-state index is 12.8. The van der Waals surface area contributed by atoms with Crippen molar-refractivity contribution in [2.75, 3.05) is 0 Å². The van der Waals surface area contributed by atoms with Gasteiger partial charge in [0, 0.05) is 0 Å². The summed E-state index contributed by atoms with van der Waals surface area (Å²) < 4.78 is 38.3. The van der Waals surface area contributed by atoms with Crippen molar-refractivity contribution < 1.29 is 23.1 Å². The van der Waals surface area contributed by atoms with Gasteiger partial charge in [-0.25, -0.2) is 0 Å². The van der Waals surface area contributed by atoms with Gasteiger partial charge in [0.05, 0.1) is 23.6 Å². The summed E-state index contributed by atoms with van der Waals surface area (Å²) >= 11 is 0. The Morgan fingerprint density at radius 1 is 1.47 bits per heavy atom. The monoisotopic (exact) mass is 243 g/mol. The number of benzene rings is 1. The van der Waals surface area contributed by atoms with Gasteiger partial charge in [-0.15, -0.1) is 0 Å². The van der Waals surface area contributed by atoms with E-state index in [0.29, 0.717) is 0 Å². The standard InChI is InChI=1S/C11H8F3NO2/c1-6-8(5-15)3-2-7(4-9(16)17)10(6)11(12,13)14/h2-3H,4H2,1H3,(H,16,17). The Balaban J connectivity index is 3.48. The second kappa shape index (κ2) is 4.45. The van der Waals surface area contributed by atoms with Gasteiger partial charge < -0.3 is 5.11 Å². The molecule has 0 aliphatic rings. The maximum absolute atomic E-state index is 12.8. The van der Waals surface area contributed by atoms with Gasteiger partial charge in [0.1, 0.15) is 0 Å². The van der Waals surface area contributed by atoms with E-state index in [2.05, 4.69) is 0 Å². The SMILES string of the molecule is Cc1c(C#N)ccc(CC(=O)O)c1C(F)(F)F. The molecule has 0 spiro atoms. The Morgan fingerprint density at radius 3 is 2.47 bits per heavy atom. The van der Waals surface area contributed by atoms with Crippen molar-refractivity contribution in [2.24, 2.45) is 0 Å². The van der Waals surface area contributed by atoms with Crippen LogP contribution in [0, 0.1) is 18.3 Å². The highest BCUT2D eigenvalue weighted by Gasteiger charge is 2.36. The van der Waals surface area contributed by atoms with Crippen LogP contribution in [0.4, 0.5) is 13.2 Å². The van der Waals surface area contributed by atoms with E-state index < -0.39 is 24.1 Å². The lowest BCUT2D eigenvalue weighted by molar-refractivity contribution is -0.140. The molecule has 1 aromatic rings. The summed E-state index contributed by atoms with van der Waals surface area (Å²) in [4.78, 5) is 10.5. The molecule has 0 atom stereocenters. The maximum Gasteiger partial charge on any atom is 0.416 e. The van der Waals surface area contributed by atoms with Crippen LogP contribution in [0.2, 0.25) is 0 Å². The number of aliphatic carboxylic acids is 1. The Bertz CT molecular complexity index is 501. The Morgan fingerprint density at radius 2 is 2.06 bits per heavy atom. The Labute approximate surface area is 95.1 Å². The Kier molecular flexibility index (Phi) is 3.42. The molecule has 6 heteroatoms. The molecule has 0 saturated carbocycles. The zero-order chi connectivity index (χ0) is 13.2. The highest BCUT2D eigenvalue weighted by molar-refractivity contribution is 5.71. The van der Waals surface area contributed by atoms with E-state index in [9.17, 15) is 18.0 Å². The van der Waals surface area contributed by atoms with E-state index in [1.807, 2.05) is 0 Å². The van der Waals surface area contributed by atoms with Crippen molar-refractivity contribution in [3.8, 4) is 6.07 Å². The number of alkyl halides is 3. The minimum absolute atomic E-state index is 0.105. The second-order valence-corrected chi connectivity index (χ2v) is 3.45. The lowest BCUT2D eigenvalue weighted by Crippen LogP contribution is -2.15. The molecule has 1 aromatic carbocycles. The van der Waals surface area contributed by atoms with E-state index in [-0.39, 0.29) is 16.7 Å². The van der Waals surface area contributed by atoms with Crippen LogP contribution in [-0.4, -0.2) is 11.1 Å². The molecule has 17 heavy (non-hydrogen) atoms. The predicted octanol–water partition coefficient (Wildman–Crippen LogP) is 2.51. The summed E-state index contributed by atoms with van der Waals surface area (Å²) in [6, 6.07) is 3.87. The van der Waals surface area contributed by atoms with E-state index in [1.54, 1.807) is 6.07 Å². The van der Waals surface area contributed by atoms with Gasteiger partial charge in [-0.1, -0.05) is 6.07 Å². The van der Waals surface area contributed by atoms with Crippen LogP contribution < -0.4 is 0 Å². The average Bonchev–Trinajstić information content (AvgIpc) is 2.14.